The molecule has 200 valence electrons. The number of fused-ring (bicyclic) bond motifs is 1. The molecule has 1 aliphatic carbocycles. The number of nitrogens with one attached hydrogen (secondary N) is 1. The highest BCUT2D eigenvalue weighted by atomic mass is 32.2. The molecule has 0 spiro atoms. The lowest BCUT2D eigenvalue weighted by Crippen LogP contribution is -2.35. The van der Waals surface area contributed by atoms with Crippen molar-refractivity contribution >= 4 is 32.5 Å². The van der Waals surface area contributed by atoms with Crippen LogP contribution in [0.4, 0.5) is 0 Å². The van der Waals surface area contributed by atoms with Gasteiger partial charge in [-0.25, -0.2) is 4.79 Å². The van der Waals surface area contributed by atoms with E-state index in [-0.39, 0.29) is 22.6 Å². The Labute approximate surface area is 229 Å². The molecular weight excluding hydrogens is 508 g/mol. The van der Waals surface area contributed by atoms with Crippen LogP contribution >= 0.6 is 0 Å². The number of hydrogen-bond donors (Lipinski definition) is 1. The number of benzene rings is 4. The van der Waals surface area contributed by atoms with Gasteiger partial charge in [0.25, 0.3) is 10.0 Å². The average Bonchev–Trinajstić information content (AvgIpc) is 2.95. The summed E-state index contributed by atoms with van der Waals surface area (Å²) in [7, 11) is -3.96. The molecule has 0 aliphatic heterocycles. The molecule has 4 aromatic carbocycles. The van der Waals surface area contributed by atoms with Crippen LogP contribution in [0.3, 0.4) is 0 Å². The van der Waals surface area contributed by atoms with Gasteiger partial charge in [-0.1, -0.05) is 96.9 Å². The minimum Gasteiger partial charge on any atom is -0.457 e. The molecule has 1 aliphatic rings. The van der Waals surface area contributed by atoms with E-state index in [1.54, 1.807) is 36.4 Å². The number of sulfonamides is 1. The summed E-state index contributed by atoms with van der Waals surface area (Å²) in [6, 6.07) is 29.9. The Morgan fingerprint density at radius 2 is 1.56 bits per heavy atom. The standard InChI is InChI=1S/C32H32N2O4S/c1-23-18-20-28(21-19-23)39(36,37)34-33-31(25-11-3-2-4-12-25)32(35)38-30-17-8-6-13-27(30)22-26-15-9-14-24-10-5-7-16-29(24)26/h2-5,7,9-12,14-16,18-21,27,30,34H,6,8,13,17,22H2,1H3/b33-31+/t27-,30+/m0/s1. The van der Waals surface area contributed by atoms with Crippen molar-refractivity contribution < 1.29 is 17.9 Å². The molecular formula is C32H32N2O4S. The molecule has 2 atom stereocenters. The second-order valence-corrected chi connectivity index (χ2v) is 11.7. The maximum Gasteiger partial charge on any atom is 0.359 e. The fourth-order valence-electron chi connectivity index (χ4n) is 5.21. The normalized spacial score (nSPS) is 18.0. The molecule has 5 rings (SSSR count). The van der Waals surface area contributed by atoms with Crippen molar-refractivity contribution in [3.05, 3.63) is 114 Å². The fourth-order valence-corrected chi connectivity index (χ4v) is 6.02. The Balaban J connectivity index is 1.38. The van der Waals surface area contributed by atoms with Crippen LogP contribution in [-0.2, 0) is 26.0 Å². The third-order valence-electron chi connectivity index (χ3n) is 7.31. The van der Waals surface area contributed by atoms with Crippen LogP contribution < -0.4 is 4.83 Å². The van der Waals surface area contributed by atoms with Crippen molar-refractivity contribution in [3.63, 3.8) is 0 Å². The number of rotatable bonds is 8. The monoisotopic (exact) mass is 540 g/mol. The summed E-state index contributed by atoms with van der Waals surface area (Å²) in [4.78, 5) is 15.8. The number of ether oxygens (including phenoxy) is 1. The second kappa shape index (κ2) is 11.8. The predicted molar refractivity (Wildman–Crippen MR) is 154 cm³/mol. The number of esters is 1. The van der Waals surface area contributed by atoms with Crippen LogP contribution in [0.15, 0.2) is 107 Å². The summed E-state index contributed by atoms with van der Waals surface area (Å²) in [5, 5.41) is 6.49. The Morgan fingerprint density at radius 1 is 0.872 bits per heavy atom. The SMILES string of the molecule is Cc1ccc(S(=O)(=O)N/N=C(/C(=O)O[C@@H]2CCCC[C@H]2Cc2cccc3ccccc23)c2ccccc2)cc1. The number of nitrogens with zero attached hydrogens (tertiary/aromatic N) is 1. The van der Waals surface area contributed by atoms with E-state index in [2.05, 4.69) is 40.3 Å². The van der Waals surface area contributed by atoms with E-state index in [0.29, 0.717) is 5.56 Å². The van der Waals surface area contributed by atoms with Gasteiger partial charge < -0.3 is 4.74 Å². The van der Waals surface area contributed by atoms with Gasteiger partial charge in [0.1, 0.15) is 6.10 Å². The van der Waals surface area contributed by atoms with E-state index < -0.39 is 16.0 Å². The zero-order valence-electron chi connectivity index (χ0n) is 21.9. The average molecular weight is 541 g/mol. The Bertz CT molecular complexity index is 1580. The zero-order valence-corrected chi connectivity index (χ0v) is 22.7. The number of hydrazone groups is 1. The quantitative estimate of drug-likeness (QED) is 0.164. The number of carbonyl (C=O) groups is 1. The van der Waals surface area contributed by atoms with Crippen molar-refractivity contribution in [1.29, 1.82) is 0 Å². The molecule has 1 saturated carbocycles. The van der Waals surface area contributed by atoms with Crippen molar-refractivity contribution in [2.75, 3.05) is 0 Å². The zero-order chi connectivity index (χ0) is 27.2. The minimum absolute atomic E-state index is 0.0687. The first kappa shape index (κ1) is 26.6. The van der Waals surface area contributed by atoms with Gasteiger partial charge >= 0.3 is 5.97 Å². The van der Waals surface area contributed by atoms with Crippen molar-refractivity contribution in [3.8, 4) is 0 Å². The molecule has 1 N–H and O–H groups in total. The van der Waals surface area contributed by atoms with Gasteiger partial charge in [0.05, 0.1) is 4.90 Å². The summed E-state index contributed by atoms with van der Waals surface area (Å²) in [6.07, 6.45) is 4.29. The van der Waals surface area contributed by atoms with E-state index in [4.69, 9.17) is 4.74 Å². The maximum atomic E-state index is 13.5. The van der Waals surface area contributed by atoms with E-state index >= 15 is 0 Å². The molecule has 39 heavy (non-hydrogen) atoms. The van der Waals surface area contributed by atoms with Gasteiger partial charge in [-0.15, -0.1) is 0 Å². The molecule has 0 aromatic heterocycles. The first-order chi connectivity index (χ1) is 18.9. The van der Waals surface area contributed by atoms with Crippen LogP contribution in [-0.4, -0.2) is 26.2 Å². The first-order valence-corrected chi connectivity index (χ1v) is 14.8. The minimum atomic E-state index is -3.96. The molecule has 6 nitrogen and oxygen atoms in total. The number of aryl methyl sites for hydroxylation is 1. The summed E-state index contributed by atoms with van der Waals surface area (Å²) in [5.74, 6) is -0.475. The van der Waals surface area contributed by atoms with E-state index in [9.17, 15) is 13.2 Å². The Morgan fingerprint density at radius 3 is 2.36 bits per heavy atom. The maximum absolute atomic E-state index is 13.5. The van der Waals surface area contributed by atoms with Gasteiger partial charge in [0.15, 0.2) is 5.71 Å². The van der Waals surface area contributed by atoms with Crippen molar-refractivity contribution in [2.24, 2.45) is 11.0 Å². The summed E-state index contributed by atoms with van der Waals surface area (Å²) >= 11 is 0. The molecule has 7 heteroatoms. The largest absolute Gasteiger partial charge is 0.457 e. The van der Waals surface area contributed by atoms with Gasteiger partial charge in [-0.2, -0.15) is 18.4 Å². The Kier molecular flexibility index (Phi) is 8.07. The molecule has 0 bridgehead atoms. The lowest BCUT2D eigenvalue weighted by Gasteiger charge is -2.31. The van der Waals surface area contributed by atoms with Crippen molar-refractivity contribution in [1.82, 2.24) is 4.83 Å². The molecule has 1 fully saturated rings. The molecule has 0 saturated heterocycles. The topological polar surface area (TPSA) is 84.8 Å². The summed E-state index contributed by atoms with van der Waals surface area (Å²) in [5.41, 5.74) is 2.59. The third-order valence-corrected chi connectivity index (χ3v) is 8.53. The fraction of sp³-hybridized carbons (Fsp3) is 0.250. The molecule has 0 radical (unpaired) electrons. The predicted octanol–water partition coefficient (Wildman–Crippen LogP) is 6.18. The van der Waals surface area contributed by atoms with Crippen molar-refractivity contribution in [2.45, 2.75) is 50.0 Å². The van der Waals surface area contributed by atoms with Crippen LogP contribution in [0, 0.1) is 12.8 Å². The van der Waals surface area contributed by atoms with E-state index in [1.807, 2.05) is 25.1 Å². The number of hydrogen-bond acceptors (Lipinski definition) is 5. The third kappa shape index (κ3) is 6.37. The molecule has 0 heterocycles. The highest BCUT2D eigenvalue weighted by molar-refractivity contribution is 7.89. The molecule has 4 aromatic rings. The van der Waals surface area contributed by atoms with Gasteiger partial charge in [0, 0.05) is 11.5 Å². The second-order valence-electron chi connectivity index (χ2n) is 10.1. The lowest BCUT2D eigenvalue weighted by molar-refractivity contribution is -0.145. The van der Waals surface area contributed by atoms with E-state index in [1.165, 1.54) is 28.5 Å². The van der Waals surface area contributed by atoms with Gasteiger partial charge in [0.2, 0.25) is 0 Å². The lowest BCUT2D eigenvalue weighted by atomic mass is 9.81. The highest BCUT2D eigenvalue weighted by Gasteiger charge is 2.31. The van der Waals surface area contributed by atoms with E-state index in [0.717, 1.165) is 37.7 Å². The van der Waals surface area contributed by atoms with Crippen LogP contribution in [0.25, 0.3) is 10.8 Å². The summed E-state index contributed by atoms with van der Waals surface area (Å²) < 4.78 is 31.9. The summed E-state index contributed by atoms with van der Waals surface area (Å²) in [6.45, 7) is 1.88. The van der Waals surface area contributed by atoms with Gasteiger partial charge in [-0.05, 0) is 61.1 Å². The first-order valence-electron chi connectivity index (χ1n) is 13.3. The molecule has 0 amide bonds. The Hall–Kier alpha value is -3.97. The van der Waals surface area contributed by atoms with Gasteiger partial charge in [-0.3, -0.25) is 0 Å². The van der Waals surface area contributed by atoms with Crippen LogP contribution in [0.5, 0.6) is 0 Å². The van der Waals surface area contributed by atoms with Crippen LogP contribution in [0.2, 0.25) is 0 Å². The number of carbonyl (C=O) groups excluding carboxylic acids is 1. The highest BCUT2D eigenvalue weighted by Crippen LogP contribution is 2.32. The molecule has 0 unspecified atom stereocenters. The smallest absolute Gasteiger partial charge is 0.359 e. The van der Waals surface area contributed by atoms with Crippen LogP contribution in [0.1, 0.15) is 42.4 Å².